The number of methoxy groups -OCH3 is 2. The zero-order chi connectivity index (χ0) is 12.1. The van der Waals surface area contributed by atoms with E-state index >= 15 is 0 Å². The minimum absolute atomic E-state index is 0.0332. The van der Waals surface area contributed by atoms with Crippen molar-refractivity contribution >= 4 is 11.9 Å². The lowest BCUT2D eigenvalue weighted by Gasteiger charge is -2.05. The Bertz CT molecular complexity index is 383. The summed E-state index contributed by atoms with van der Waals surface area (Å²) in [5.74, 6) is -1.25. The van der Waals surface area contributed by atoms with Crippen LogP contribution in [0.2, 0.25) is 0 Å². The van der Waals surface area contributed by atoms with Crippen LogP contribution in [-0.2, 0) is 16.0 Å². The van der Waals surface area contributed by atoms with Gasteiger partial charge in [-0.3, -0.25) is 0 Å². The lowest BCUT2D eigenvalue weighted by molar-refractivity contribution is 0.0585. The van der Waals surface area contributed by atoms with E-state index < -0.39 is 11.9 Å². The number of hydrogen-bond acceptors (Lipinski definition) is 6. The van der Waals surface area contributed by atoms with Gasteiger partial charge in [0, 0.05) is 6.54 Å². The lowest BCUT2D eigenvalue weighted by Crippen LogP contribution is -2.13. The van der Waals surface area contributed by atoms with Gasteiger partial charge in [0.15, 0.2) is 0 Å². The number of carbonyl (C=O) groups excluding carboxylic acids is 2. The predicted octanol–water partition coefficient (Wildman–Crippen LogP) is 0.113. The maximum atomic E-state index is 11.3. The van der Waals surface area contributed by atoms with Gasteiger partial charge in [-0.05, 0) is 17.7 Å². The van der Waals surface area contributed by atoms with Crippen molar-refractivity contribution in [3.63, 3.8) is 0 Å². The number of ether oxygens (including phenoxy) is 2. The van der Waals surface area contributed by atoms with Gasteiger partial charge in [-0.1, -0.05) is 0 Å². The van der Waals surface area contributed by atoms with Gasteiger partial charge in [-0.15, -0.1) is 0 Å². The van der Waals surface area contributed by atoms with Crippen LogP contribution in [0.5, 0.6) is 0 Å². The van der Waals surface area contributed by atoms with Crippen LogP contribution < -0.4 is 5.73 Å². The number of aromatic nitrogens is 1. The summed E-state index contributed by atoms with van der Waals surface area (Å²) in [4.78, 5) is 26.4. The second kappa shape index (κ2) is 5.22. The zero-order valence-corrected chi connectivity index (χ0v) is 9.02. The molecule has 1 aromatic heterocycles. The number of esters is 2. The quantitative estimate of drug-likeness (QED) is 0.733. The molecule has 0 aliphatic rings. The van der Waals surface area contributed by atoms with E-state index in [-0.39, 0.29) is 17.9 Å². The smallest absolute Gasteiger partial charge is 0.356 e. The molecule has 0 unspecified atom stereocenters. The van der Waals surface area contributed by atoms with E-state index in [1.165, 1.54) is 26.4 Å². The Kier molecular flexibility index (Phi) is 3.96. The van der Waals surface area contributed by atoms with Gasteiger partial charge in [-0.25, -0.2) is 14.6 Å². The van der Waals surface area contributed by atoms with Crippen molar-refractivity contribution in [3.8, 4) is 0 Å². The van der Waals surface area contributed by atoms with Gasteiger partial charge in [0.2, 0.25) is 0 Å². The molecule has 1 rings (SSSR count). The minimum atomic E-state index is -0.625. The molecular weight excluding hydrogens is 212 g/mol. The van der Waals surface area contributed by atoms with Crippen LogP contribution in [0.3, 0.4) is 0 Å². The average molecular weight is 224 g/mol. The van der Waals surface area contributed by atoms with Crippen molar-refractivity contribution < 1.29 is 19.1 Å². The summed E-state index contributed by atoms with van der Waals surface area (Å²) in [6.07, 6.45) is 0. The Morgan fingerprint density at radius 2 is 1.62 bits per heavy atom. The van der Waals surface area contributed by atoms with Crippen LogP contribution in [0.25, 0.3) is 0 Å². The Balaban J connectivity index is 3.20. The SMILES string of the molecule is COC(=O)c1cc(CN)cc(C(=O)OC)n1. The Labute approximate surface area is 92.4 Å². The summed E-state index contributed by atoms with van der Waals surface area (Å²) in [5.41, 5.74) is 6.11. The molecule has 0 aliphatic carbocycles. The topological polar surface area (TPSA) is 91.5 Å². The molecule has 0 amide bonds. The molecule has 0 radical (unpaired) electrons. The van der Waals surface area contributed by atoms with Crippen molar-refractivity contribution in [1.82, 2.24) is 4.98 Å². The normalized spacial score (nSPS) is 9.69. The molecule has 0 aromatic carbocycles. The van der Waals surface area contributed by atoms with Gasteiger partial charge < -0.3 is 15.2 Å². The molecule has 0 saturated carbocycles. The minimum Gasteiger partial charge on any atom is -0.464 e. The summed E-state index contributed by atoms with van der Waals surface area (Å²) < 4.78 is 9.02. The number of rotatable bonds is 3. The van der Waals surface area contributed by atoms with Crippen LogP contribution in [0.15, 0.2) is 12.1 Å². The molecule has 2 N–H and O–H groups in total. The van der Waals surface area contributed by atoms with E-state index in [2.05, 4.69) is 14.5 Å². The molecule has 6 heteroatoms. The molecule has 86 valence electrons. The second-order valence-electron chi connectivity index (χ2n) is 2.93. The molecule has 1 aromatic rings. The maximum Gasteiger partial charge on any atom is 0.356 e. The van der Waals surface area contributed by atoms with Gasteiger partial charge in [-0.2, -0.15) is 0 Å². The summed E-state index contributed by atoms with van der Waals surface area (Å²) in [5, 5.41) is 0. The third-order valence-electron chi connectivity index (χ3n) is 1.91. The lowest BCUT2D eigenvalue weighted by atomic mass is 10.2. The molecule has 0 spiro atoms. The fraction of sp³-hybridized carbons (Fsp3) is 0.300. The molecular formula is C10H12N2O4. The first-order valence-corrected chi connectivity index (χ1v) is 4.50. The van der Waals surface area contributed by atoms with Crippen molar-refractivity contribution in [3.05, 3.63) is 29.1 Å². The molecule has 0 saturated heterocycles. The highest BCUT2D eigenvalue weighted by molar-refractivity contribution is 5.91. The standard InChI is InChI=1S/C10H12N2O4/c1-15-9(13)7-3-6(5-11)4-8(12-7)10(14)16-2/h3-4H,5,11H2,1-2H3. The Morgan fingerprint density at radius 3 is 1.94 bits per heavy atom. The summed E-state index contributed by atoms with van der Waals surface area (Å²) >= 11 is 0. The third-order valence-corrected chi connectivity index (χ3v) is 1.91. The first-order chi connectivity index (χ1) is 7.62. The Hall–Kier alpha value is -1.95. The number of pyridine rings is 1. The zero-order valence-electron chi connectivity index (χ0n) is 9.02. The van der Waals surface area contributed by atoms with Gasteiger partial charge >= 0.3 is 11.9 Å². The van der Waals surface area contributed by atoms with E-state index in [0.29, 0.717) is 5.56 Å². The van der Waals surface area contributed by atoms with Crippen LogP contribution in [-0.4, -0.2) is 31.1 Å². The molecule has 16 heavy (non-hydrogen) atoms. The van der Waals surface area contributed by atoms with Crippen molar-refractivity contribution in [1.29, 1.82) is 0 Å². The molecule has 0 aliphatic heterocycles. The van der Waals surface area contributed by atoms with Crippen LogP contribution >= 0.6 is 0 Å². The molecule has 6 nitrogen and oxygen atoms in total. The first kappa shape index (κ1) is 12.1. The number of nitrogens with zero attached hydrogens (tertiary/aromatic N) is 1. The molecule has 0 bridgehead atoms. The summed E-state index contributed by atoms with van der Waals surface area (Å²) in [6.45, 7) is 0.191. The van der Waals surface area contributed by atoms with E-state index in [4.69, 9.17) is 5.73 Å². The van der Waals surface area contributed by atoms with Gasteiger partial charge in [0.1, 0.15) is 11.4 Å². The van der Waals surface area contributed by atoms with Crippen molar-refractivity contribution in [2.24, 2.45) is 5.73 Å². The second-order valence-corrected chi connectivity index (χ2v) is 2.93. The summed E-state index contributed by atoms with van der Waals surface area (Å²) in [7, 11) is 2.47. The van der Waals surface area contributed by atoms with Gasteiger partial charge in [0.25, 0.3) is 0 Å². The largest absolute Gasteiger partial charge is 0.464 e. The monoisotopic (exact) mass is 224 g/mol. The van der Waals surface area contributed by atoms with Crippen LogP contribution in [0.4, 0.5) is 0 Å². The van der Waals surface area contributed by atoms with E-state index in [1.54, 1.807) is 0 Å². The average Bonchev–Trinajstić information content (AvgIpc) is 2.35. The molecule has 1 heterocycles. The van der Waals surface area contributed by atoms with E-state index in [1.807, 2.05) is 0 Å². The molecule has 0 atom stereocenters. The number of hydrogen-bond donors (Lipinski definition) is 1. The summed E-state index contributed by atoms with van der Waals surface area (Å²) in [6, 6.07) is 2.94. The van der Waals surface area contributed by atoms with Crippen molar-refractivity contribution in [2.45, 2.75) is 6.54 Å². The number of nitrogens with two attached hydrogens (primary N) is 1. The maximum absolute atomic E-state index is 11.3. The van der Waals surface area contributed by atoms with E-state index in [0.717, 1.165) is 0 Å². The Morgan fingerprint density at radius 1 is 1.19 bits per heavy atom. The molecule has 0 fully saturated rings. The van der Waals surface area contributed by atoms with E-state index in [9.17, 15) is 9.59 Å². The van der Waals surface area contributed by atoms with Crippen LogP contribution in [0, 0.1) is 0 Å². The third kappa shape index (κ3) is 2.54. The van der Waals surface area contributed by atoms with Crippen LogP contribution in [0.1, 0.15) is 26.5 Å². The fourth-order valence-electron chi connectivity index (χ4n) is 1.12. The predicted molar refractivity (Wildman–Crippen MR) is 54.8 cm³/mol. The highest BCUT2D eigenvalue weighted by Crippen LogP contribution is 2.08. The first-order valence-electron chi connectivity index (χ1n) is 4.50. The van der Waals surface area contributed by atoms with Gasteiger partial charge in [0.05, 0.1) is 14.2 Å². The van der Waals surface area contributed by atoms with Crippen molar-refractivity contribution in [2.75, 3.05) is 14.2 Å². The fourth-order valence-corrected chi connectivity index (χ4v) is 1.12. The highest BCUT2D eigenvalue weighted by atomic mass is 16.5. The number of carbonyl (C=O) groups is 2. The highest BCUT2D eigenvalue weighted by Gasteiger charge is 2.14.